The standard InChI is InChI=1S/C15H20ClN5/c1-10-11(16)6-5-7-12(10)21-14(18)19-13(17)20-15(21)8-3-2-4-9-15/h5-7H,2-4,8-9H2,1H3,(H4,17,18,19,20). The highest BCUT2D eigenvalue weighted by molar-refractivity contribution is 6.31. The van der Waals surface area contributed by atoms with Crippen LogP contribution in [0.4, 0.5) is 5.69 Å². The summed E-state index contributed by atoms with van der Waals surface area (Å²) >= 11 is 6.27. The summed E-state index contributed by atoms with van der Waals surface area (Å²) in [6.07, 6.45) is 5.29. The maximum absolute atomic E-state index is 6.27. The SMILES string of the molecule is Cc1c(Cl)cccc1N1C(N)=NC(N)=NC12CCCCC2. The van der Waals surface area contributed by atoms with Gasteiger partial charge in [-0.1, -0.05) is 24.1 Å². The zero-order chi connectivity index (χ0) is 15.0. The molecule has 6 heteroatoms. The highest BCUT2D eigenvalue weighted by atomic mass is 35.5. The molecule has 0 amide bonds. The van der Waals surface area contributed by atoms with Crippen LogP contribution in [0.15, 0.2) is 28.2 Å². The number of hydrogen-bond donors (Lipinski definition) is 2. The first-order valence-corrected chi connectivity index (χ1v) is 7.66. The average molecular weight is 306 g/mol. The summed E-state index contributed by atoms with van der Waals surface area (Å²) in [5.41, 5.74) is 13.6. The number of guanidine groups is 2. The van der Waals surface area contributed by atoms with Crippen molar-refractivity contribution in [2.75, 3.05) is 4.90 Å². The first-order valence-electron chi connectivity index (χ1n) is 7.28. The molecule has 1 saturated carbocycles. The van der Waals surface area contributed by atoms with Crippen molar-refractivity contribution in [3.63, 3.8) is 0 Å². The summed E-state index contributed by atoms with van der Waals surface area (Å²) in [6.45, 7) is 1.99. The van der Waals surface area contributed by atoms with Crippen molar-refractivity contribution in [3.05, 3.63) is 28.8 Å². The summed E-state index contributed by atoms with van der Waals surface area (Å²) in [7, 11) is 0. The molecule has 0 saturated heterocycles. The Balaban J connectivity index is 2.13. The normalized spacial score (nSPS) is 21.1. The van der Waals surface area contributed by atoms with Gasteiger partial charge in [-0.25, -0.2) is 4.99 Å². The van der Waals surface area contributed by atoms with Crippen LogP contribution in [0.2, 0.25) is 5.02 Å². The van der Waals surface area contributed by atoms with E-state index in [0.717, 1.165) is 36.9 Å². The van der Waals surface area contributed by atoms with Crippen LogP contribution in [0.5, 0.6) is 0 Å². The highest BCUT2D eigenvalue weighted by Crippen LogP contribution is 2.41. The number of halogens is 1. The zero-order valence-electron chi connectivity index (χ0n) is 12.1. The molecule has 0 atom stereocenters. The molecule has 5 nitrogen and oxygen atoms in total. The van der Waals surface area contributed by atoms with Crippen molar-refractivity contribution in [3.8, 4) is 0 Å². The molecule has 1 spiro atoms. The summed E-state index contributed by atoms with van der Waals surface area (Å²) < 4.78 is 0. The lowest BCUT2D eigenvalue weighted by Crippen LogP contribution is -2.58. The third-order valence-electron chi connectivity index (χ3n) is 4.33. The number of benzene rings is 1. The summed E-state index contributed by atoms with van der Waals surface area (Å²) in [5.74, 6) is 0.667. The van der Waals surface area contributed by atoms with Crippen LogP contribution in [0.1, 0.15) is 37.7 Å². The van der Waals surface area contributed by atoms with Gasteiger partial charge in [0.2, 0.25) is 11.9 Å². The molecule has 0 radical (unpaired) electrons. The van der Waals surface area contributed by atoms with E-state index in [1.54, 1.807) is 0 Å². The number of rotatable bonds is 1. The van der Waals surface area contributed by atoms with Crippen molar-refractivity contribution < 1.29 is 0 Å². The maximum Gasteiger partial charge on any atom is 0.220 e. The molecule has 1 aliphatic carbocycles. The van der Waals surface area contributed by atoms with E-state index in [2.05, 4.69) is 9.98 Å². The summed E-state index contributed by atoms with van der Waals surface area (Å²) in [6, 6.07) is 5.82. The van der Waals surface area contributed by atoms with Gasteiger partial charge in [-0.3, -0.25) is 4.90 Å². The maximum atomic E-state index is 6.27. The fourth-order valence-corrected chi connectivity index (χ4v) is 3.48. The Morgan fingerprint density at radius 2 is 1.90 bits per heavy atom. The number of aliphatic imine (C=N–C) groups is 2. The molecule has 0 unspecified atom stereocenters. The van der Waals surface area contributed by atoms with E-state index in [9.17, 15) is 0 Å². The van der Waals surface area contributed by atoms with Gasteiger partial charge >= 0.3 is 0 Å². The highest BCUT2D eigenvalue weighted by Gasteiger charge is 2.43. The Morgan fingerprint density at radius 1 is 1.19 bits per heavy atom. The van der Waals surface area contributed by atoms with E-state index in [4.69, 9.17) is 23.1 Å². The van der Waals surface area contributed by atoms with Gasteiger partial charge in [-0.15, -0.1) is 0 Å². The van der Waals surface area contributed by atoms with Crippen molar-refractivity contribution in [1.29, 1.82) is 0 Å². The summed E-state index contributed by atoms with van der Waals surface area (Å²) in [5, 5.41) is 0.716. The van der Waals surface area contributed by atoms with Crippen LogP contribution in [-0.4, -0.2) is 17.6 Å². The molecule has 1 fully saturated rings. The Hall–Kier alpha value is -1.75. The number of nitrogens with two attached hydrogens (primary N) is 2. The lowest BCUT2D eigenvalue weighted by molar-refractivity contribution is 0.305. The lowest BCUT2D eigenvalue weighted by atomic mass is 9.87. The lowest BCUT2D eigenvalue weighted by Gasteiger charge is -2.46. The molecule has 112 valence electrons. The Labute approximate surface area is 129 Å². The molecular weight excluding hydrogens is 286 g/mol. The second kappa shape index (κ2) is 5.22. The predicted molar refractivity (Wildman–Crippen MR) is 87.7 cm³/mol. The minimum absolute atomic E-state index is 0.269. The van der Waals surface area contributed by atoms with Crippen LogP contribution >= 0.6 is 11.6 Å². The average Bonchev–Trinajstić information content (AvgIpc) is 2.43. The summed E-state index contributed by atoms with van der Waals surface area (Å²) in [4.78, 5) is 10.8. The molecule has 1 aromatic rings. The van der Waals surface area contributed by atoms with Crippen LogP contribution in [0.3, 0.4) is 0 Å². The van der Waals surface area contributed by atoms with E-state index in [1.165, 1.54) is 6.42 Å². The van der Waals surface area contributed by atoms with E-state index < -0.39 is 5.66 Å². The van der Waals surface area contributed by atoms with Gasteiger partial charge in [0.1, 0.15) is 5.66 Å². The molecule has 21 heavy (non-hydrogen) atoms. The quantitative estimate of drug-likeness (QED) is 0.837. The molecule has 0 bridgehead atoms. The molecule has 0 aromatic heterocycles. The van der Waals surface area contributed by atoms with E-state index in [1.807, 2.05) is 30.0 Å². The first-order chi connectivity index (χ1) is 10.0. The number of anilines is 1. The van der Waals surface area contributed by atoms with Crippen molar-refractivity contribution in [2.24, 2.45) is 21.5 Å². The van der Waals surface area contributed by atoms with Gasteiger partial charge in [0, 0.05) is 5.02 Å². The van der Waals surface area contributed by atoms with Gasteiger partial charge in [-0.2, -0.15) is 4.99 Å². The number of nitrogens with zero attached hydrogens (tertiary/aromatic N) is 3. The van der Waals surface area contributed by atoms with Crippen molar-refractivity contribution in [1.82, 2.24) is 0 Å². The Kier molecular flexibility index (Phi) is 3.53. The monoisotopic (exact) mass is 305 g/mol. The second-order valence-electron chi connectivity index (χ2n) is 5.70. The zero-order valence-corrected chi connectivity index (χ0v) is 12.9. The minimum Gasteiger partial charge on any atom is -0.369 e. The molecule has 2 aliphatic rings. The molecular formula is C15H20ClN5. The van der Waals surface area contributed by atoms with Gasteiger partial charge in [-0.05, 0) is 50.3 Å². The van der Waals surface area contributed by atoms with Gasteiger partial charge in [0.05, 0.1) is 5.69 Å². The molecule has 4 N–H and O–H groups in total. The largest absolute Gasteiger partial charge is 0.369 e. The predicted octanol–water partition coefficient (Wildman–Crippen LogP) is 2.76. The van der Waals surface area contributed by atoms with Gasteiger partial charge < -0.3 is 11.5 Å². The van der Waals surface area contributed by atoms with Crippen LogP contribution in [0, 0.1) is 6.92 Å². The molecule has 3 rings (SSSR count). The second-order valence-corrected chi connectivity index (χ2v) is 6.11. The van der Waals surface area contributed by atoms with Crippen LogP contribution < -0.4 is 16.4 Å². The third kappa shape index (κ3) is 2.35. The Morgan fingerprint density at radius 3 is 2.62 bits per heavy atom. The number of hydrogen-bond acceptors (Lipinski definition) is 5. The van der Waals surface area contributed by atoms with Crippen LogP contribution in [0.25, 0.3) is 0 Å². The van der Waals surface area contributed by atoms with Crippen molar-refractivity contribution in [2.45, 2.75) is 44.7 Å². The molecule has 1 heterocycles. The van der Waals surface area contributed by atoms with E-state index in [0.29, 0.717) is 11.0 Å². The fraction of sp³-hybridized carbons (Fsp3) is 0.467. The third-order valence-corrected chi connectivity index (χ3v) is 4.74. The smallest absolute Gasteiger partial charge is 0.220 e. The topological polar surface area (TPSA) is 80.0 Å². The first kappa shape index (κ1) is 14.2. The van der Waals surface area contributed by atoms with E-state index in [-0.39, 0.29) is 5.96 Å². The van der Waals surface area contributed by atoms with Crippen LogP contribution in [-0.2, 0) is 0 Å². The molecule has 1 aromatic carbocycles. The minimum atomic E-state index is -0.413. The molecule has 1 aliphatic heterocycles. The van der Waals surface area contributed by atoms with Gasteiger partial charge in [0.15, 0.2) is 0 Å². The van der Waals surface area contributed by atoms with Gasteiger partial charge in [0.25, 0.3) is 0 Å². The fourth-order valence-electron chi connectivity index (χ4n) is 3.31. The van der Waals surface area contributed by atoms with Crippen molar-refractivity contribution >= 4 is 29.2 Å². The van der Waals surface area contributed by atoms with E-state index >= 15 is 0 Å². The Bertz CT molecular complexity index is 616.